The molecule has 2 unspecified atom stereocenters. The lowest BCUT2D eigenvalue weighted by Gasteiger charge is -2.36. The van der Waals surface area contributed by atoms with Gasteiger partial charge in [0.15, 0.2) is 0 Å². The number of pyridine rings is 1. The average Bonchev–Trinajstić information content (AvgIpc) is 2.63. The van der Waals surface area contributed by atoms with Crippen LogP contribution in [-0.2, 0) is 22.5 Å². The van der Waals surface area contributed by atoms with Crippen LogP contribution in [0.5, 0.6) is 0 Å². The summed E-state index contributed by atoms with van der Waals surface area (Å²) in [6, 6.07) is 8.26. The molecule has 1 amide bonds. The van der Waals surface area contributed by atoms with Crippen LogP contribution >= 0.6 is 11.6 Å². The van der Waals surface area contributed by atoms with Gasteiger partial charge in [-0.2, -0.15) is 0 Å². The van der Waals surface area contributed by atoms with Crippen LogP contribution in [0.2, 0.25) is 5.02 Å². The summed E-state index contributed by atoms with van der Waals surface area (Å²) >= 11 is 5.96. The Hall–Kier alpha value is -2.18. The number of nitrogens with zero attached hydrogens (tertiary/aromatic N) is 2. The third-order valence-corrected chi connectivity index (χ3v) is 4.80. The molecule has 2 atom stereocenters. The molecule has 3 rings (SSSR count). The van der Waals surface area contributed by atoms with E-state index < -0.39 is 5.82 Å². The van der Waals surface area contributed by atoms with Gasteiger partial charge in [0.05, 0.1) is 18.6 Å². The smallest absolute Gasteiger partial charge is 0.224 e. The highest BCUT2D eigenvalue weighted by Gasteiger charge is 2.23. The van der Waals surface area contributed by atoms with E-state index in [0.29, 0.717) is 6.54 Å². The zero-order valence-electron chi connectivity index (χ0n) is 15.4. The van der Waals surface area contributed by atoms with Crippen molar-refractivity contribution < 1.29 is 13.9 Å². The predicted molar refractivity (Wildman–Crippen MR) is 103 cm³/mol. The van der Waals surface area contributed by atoms with Gasteiger partial charge in [0.1, 0.15) is 11.6 Å². The minimum absolute atomic E-state index is 0.0967. The molecule has 1 fully saturated rings. The Morgan fingerprint density at radius 2 is 2.04 bits per heavy atom. The van der Waals surface area contributed by atoms with Crippen molar-refractivity contribution in [3.63, 3.8) is 0 Å². The Balaban J connectivity index is 1.55. The van der Waals surface area contributed by atoms with Gasteiger partial charge in [0.2, 0.25) is 5.91 Å². The van der Waals surface area contributed by atoms with Crippen LogP contribution in [0.4, 0.5) is 10.2 Å². The SMILES string of the molecule is CC1CN(c2ccc(CNC(=O)Cc3c(F)cccc3Cl)cn2)CC(C)O1. The number of hydrogen-bond donors (Lipinski definition) is 1. The molecule has 1 aromatic carbocycles. The van der Waals surface area contributed by atoms with E-state index in [9.17, 15) is 9.18 Å². The van der Waals surface area contributed by atoms with E-state index in [-0.39, 0.29) is 35.1 Å². The van der Waals surface area contributed by atoms with Gasteiger partial charge in [-0.3, -0.25) is 4.79 Å². The lowest BCUT2D eigenvalue weighted by Crippen LogP contribution is -2.45. The molecule has 1 saturated heterocycles. The average molecular weight is 392 g/mol. The summed E-state index contributed by atoms with van der Waals surface area (Å²) in [5.74, 6) is 0.129. The minimum Gasteiger partial charge on any atom is -0.372 e. The summed E-state index contributed by atoms with van der Waals surface area (Å²) in [6.07, 6.45) is 1.98. The van der Waals surface area contributed by atoms with E-state index in [0.717, 1.165) is 24.5 Å². The second kappa shape index (κ2) is 8.67. The minimum atomic E-state index is -0.474. The van der Waals surface area contributed by atoms with E-state index >= 15 is 0 Å². The highest BCUT2D eigenvalue weighted by atomic mass is 35.5. The normalized spacial score (nSPS) is 19.8. The van der Waals surface area contributed by atoms with Crippen LogP contribution < -0.4 is 10.2 Å². The third-order valence-electron chi connectivity index (χ3n) is 4.44. The molecule has 0 aliphatic carbocycles. The van der Waals surface area contributed by atoms with E-state index in [1.54, 1.807) is 12.3 Å². The molecule has 7 heteroatoms. The second-order valence-corrected chi connectivity index (χ2v) is 7.25. The number of halogens is 2. The number of anilines is 1. The summed E-state index contributed by atoms with van der Waals surface area (Å²) in [4.78, 5) is 18.8. The predicted octanol–water partition coefficient (Wildman–Crippen LogP) is 3.35. The number of nitrogens with one attached hydrogen (secondary N) is 1. The van der Waals surface area contributed by atoms with E-state index in [2.05, 4.69) is 15.2 Å². The van der Waals surface area contributed by atoms with Crippen molar-refractivity contribution in [1.29, 1.82) is 0 Å². The van der Waals surface area contributed by atoms with Gasteiger partial charge in [-0.25, -0.2) is 9.37 Å². The number of amides is 1. The molecule has 1 aromatic heterocycles. The number of morpholine rings is 1. The highest BCUT2D eigenvalue weighted by Crippen LogP contribution is 2.20. The second-order valence-electron chi connectivity index (χ2n) is 6.84. The third kappa shape index (κ3) is 5.17. The zero-order valence-corrected chi connectivity index (χ0v) is 16.2. The molecule has 1 N–H and O–H groups in total. The number of ether oxygens (including phenoxy) is 1. The fourth-order valence-electron chi connectivity index (χ4n) is 3.20. The number of rotatable bonds is 5. The Labute approximate surface area is 163 Å². The molecule has 5 nitrogen and oxygen atoms in total. The molecule has 0 spiro atoms. The summed E-state index contributed by atoms with van der Waals surface area (Å²) in [5.41, 5.74) is 1.08. The number of carbonyl (C=O) groups excluding carboxylic acids is 1. The van der Waals surface area contributed by atoms with Gasteiger partial charge < -0.3 is 15.0 Å². The summed E-state index contributed by atoms with van der Waals surface area (Å²) in [7, 11) is 0. The number of carbonyl (C=O) groups is 1. The topological polar surface area (TPSA) is 54.5 Å². The van der Waals surface area contributed by atoms with Gasteiger partial charge in [-0.15, -0.1) is 0 Å². The first-order chi connectivity index (χ1) is 12.9. The highest BCUT2D eigenvalue weighted by molar-refractivity contribution is 6.31. The fourth-order valence-corrected chi connectivity index (χ4v) is 3.43. The summed E-state index contributed by atoms with van der Waals surface area (Å²) in [5, 5.41) is 3.03. The monoisotopic (exact) mass is 391 g/mol. The molecule has 2 aromatic rings. The van der Waals surface area contributed by atoms with Crippen molar-refractivity contribution in [3.8, 4) is 0 Å². The van der Waals surface area contributed by atoms with Crippen molar-refractivity contribution in [1.82, 2.24) is 10.3 Å². The maximum Gasteiger partial charge on any atom is 0.224 e. The summed E-state index contributed by atoms with van der Waals surface area (Å²) < 4.78 is 19.5. The summed E-state index contributed by atoms with van der Waals surface area (Å²) in [6.45, 7) is 6.03. The largest absolute Gasteiger partial charge is 0.372 e. The first-order valence-corrected chi connectivity index (χ1v) is 9.35. The molecule has 1 aliphatic heterocycles. The van der Waals surface area contributed by atoms with Gasteiger partial charge in [-0.05, 0) is 37.6 Å². The fraction of sp³-hybridized carbons (Fsp3) is 0.400. The Morgan fingerprint density at radius 3 is 2.67 bits per heavy atom. The maximum atomic E-state index is 13.8. The Morgan fingerprint density at radius 1 is 1.30 bits per heavy atom. The Kier molecular flexibility index (Phi) is 6.29. The molecule has 144 valence electrons. The van der Waals surface area contributed by atoms with Gasteiger partial charge in [-0.1, -0.05) is 23.7 Å². The first-order valence-electron chi connectivity index (χ1n) is 8.97. The van der Waals surface area contributed by atoms with Crippen LogP contribution in [0.15, 0.2) is 36.5 Å². The lowest BCUT2D eigenvalue weighted by molar-refractivity contribution is -0.120. The molecule has 0 saturated carbocycles. The van der Waals surface area contributed by atoms with E-state index in [1.807, 2.05) is 26.0 Å². The number of benzene rings is 1. The van der Waals surface area contributed by atoms with Gasteiger partial charge >= 0.3 is 0 Å². The van der Waals surface area contributed by atoms with Crippen molar-refractivity contribution in [3.05, 3.63) is 58.5 Å². The zero-order chi connectivity index (χ0) is 19.4. The molecule has 27 heavy (non-hydrogen) atoms. The van der Waals surface area contributed by atoms with Crippen LogP contribution in [0.25, 0.3) is 0 Å². The molecular weight excluding hydrogens is 369 g/mol. The van der Waals surface area contributed by atoms with Crippen LogP contribution in [0.3, 0.4) is 0 Å². The van der Waals surface area contributed by atoms with Crippen LogP contribution in [0, 0.1) is 5.82 Å². The number of aromatic nitrogens is 1. The molecular formula is C20H23ClFN3O2. The van der Waals surface area contributed by atoms with Gasteiger partial charge in [0, 0.05) is 36.4 Å². The Bertz CT molecular complexity index is 770. The lowest BCUT2D eigenvalue weighted by atomic mass is 10.1. The quantitative estimate of drug-likeness (QED) is 0.849. The molecule has 0 bridgehead atoms. The van der Waals surface area contributed by atoms with Crippen molar-refractivity contribution in [2.24, 2.45) is 0 Å². The molecule has 0 radical (unpaired) electrons. The van der Waals surface area contributed by atoms with Crippen LogP contribution in [0.1, 0.15) is 25.0 Å². The molecule has 2 heterocycles. The van der Waals surface area contributed by atoms with Crippen molar-refractivity contribution in [2.45, 2.75) is 39.0 Å². The van der Waals surface area contributed by atoms with Crippen molar-refractivity contribution >= 4 is 23.3 Å². The van der Waals surface area contributed by atoms with Gasteiger partial charge in [0.25, 0.3) is 0 Å². The molecule has 1 aliphatic rings. The maximum absolute atomic E-state index is 13.8. The van der Waals surface area contributed by atoms with Crippen LogP contribution in [-0.4, -0.2) is 36.2 Å². The van der Waals surface area contributed by atoms with E-state index in [4.69, 9.17) is 16.3 Å². The van der Waals surface area contributed by atoms with E-state index in [1.165, 1.54) is 12.1 Å². The standard InChI is InChI=1S/C20H23ClFN3O2/c1-13-11-25(12-14(2)27-13)19-7-6-15(9-23-19)10-24-20(26)8-16-17(21)4-3-5-18(16)22/h3-7,9,13-14H,8,10-12H2,1-2H3,(H,24,26). The number of hydrogen-bond acceptors (Lipinski definition) is 4. The first kappa shape index (κ1) is 19.6. The van der Waals surface area contributed by atoms with Crippen molar-refractivity contribution in [2.75, 3.05) is 18.0 Å².